The molecule has 0 aliphatic heterocycles. The molecule has 20 heavy (non-hydrogen) atoms. The van der Waals surface area contributed by atoms with Gasteiger partial charge in [-0.3, -0.25) is 0 Å². The Labute approximate surface area is 120 Å². The van der Waals surface area contributed by atoms with Crippen molar-refractivity contribution in [2.75, 3.05) is 0 Å². The van der Waals surface area contributed by atoms with Crippen molar-refractivity contribution in [3.63, 3.8) is 0 Å². The molecule has 0 radical (unpaired) electrons. The van der Waals surface area contributed by atoms with Gasteiger partial charge in [0.1, 0.15) is 12.9 Å². The van der Waals surface area contributed by atoms with Gasteiger partial charge in [0.2, 0.25) is 4.96 Å². The van der Waals surface area contributed by atoms with Gasteiger partial charge in [-0.15, -0.1) is 0 Å². The van der Waals surface area contributed by atoms with Gasteiger partial charge in [0.25, 0.3) is 0 Å². The van der Waals surface area contributed by atoms with Crippen LogP contribution in [0.5, 0.6) is 0 Å². The Morgan fingerprint density at radius 3 is 2.90 bits per heavy atom. The van der Waals surface area contributed by atoms with E-state index in [1.54, 1.807) is 17.7 Å². The molecule has 1 aromatic carbocycles. The first kappa shape index (κ1) is 12.8. The fourth-order valence-electron chi connectivity index (χ4n) is 1.95. The Morgan fingerprint density at radius 1 is 1.35 bits per heavy atom. The molecule has 0 saturated heterocycles. The fraction of sp³-hybridized carbons (Fsp3) is 0.214. The SMILES string of the molecule is C/C(=N\OCc1ccccc1)c1sc2ncnn2c1C. The molecule has 0 atom stereocenters. The molecule has 0 fully saturated rings. The van der Waals surface area contributed by atoms with Crippen molar-refractivity contribution in [3.8, 4) is 0 Å². The van der Waals surface area contributed by atoms with Crippen LogP contribution in [0.25, 0.3) is 4.96 Å². The second-order valence-corrected chi connectivity index (χ2v) is 5.38. The van der Waals surface area contributed by atoms with E-state index in [1.165, 1.54) is 0 Å². The van der Waals surface area contributed by atoms with Crippen LogP contribution in [-0.4, -0.2) is 20.3 Å². The van der Waals surface area contributed by atoms with Crippen LogP contribution in [0.3, 0.4) is 0 Å². The summed E-state index contributed by atoms with van der Waals surface area (Å²) in [6, 6.07) is 9.98. The van der Waals surface area contributed by atoms with Crippen LogP contribution < -0.4 is 0 Å². The van der Waals surface area contributed by atoms with E-state index in [0.717, 1.165) is 26.8 Å². The van der Waals surface area contributed by atoms with E-state index in [1.807, 2.05) is 48.7 Å². The van der Waals surface area contributed by atoms with Crippen LogP contribution in [0.2, 0.25) is 0 Å². The summed E-state index contributed by atoms with van der Waals surface area (Å²) in [6.07, 6.45) is 1.56. The zero-order valence-corrected chi connectivity index (χ0v) is 12.1. The minimum Gasteiger partial charge on any atom is -0.391 e. The number of nitrogens with zero attached hydrogens (tertiary/aromatic N) is 4. The number of rotatable bonds is 4. The summed E-state index contributed by atoms with van der Waals surface area (Å²) in [7, 11) is 0. The standard InChI is InChI=1S/C14H14N4OS/c1-10(17-19-8-12-6-4-3-5-7-12)13-11(2)18-14(20-13)15-9-16-18/h3-7,9H,8H2,1-2H3/b17-10+. The highest BCUT2D eigenvalue weighted by molar-refractivity contribution is 7.19. The Kier molecular flexibility index (Phi) is 3.47. The summed E-state index contributed by atoms with van der Waals surface area (Å²) in [6.45, 7) is 4.41. The lowest BCUT2D eigenvalue weighted by atomic mass is 10.2. The Hall–Kier alpha value is -2.21. The normalized spacial score (nSPS) is 12.0. The molecule has 6 heteroatoms. The molecule has 3 aromatic rings. The van der Waals surface area contributed by atoms with Crippen molar-refractivity contribution in [1.29, 1.82) is 0 Å². The number of benzene rings is 1. The highest BCUT2D eigenvalue weighted by Gasteiger charge is 2.12. The molecule has 3 rings (SSSR count). The van der Waals surface area contributed by atoms with Crippen molar-refractivity contribution >= 4 is 22.0 Å². The molecule has 5 nitrogen and oxygen atoms in total. The maximum Gasteiger partial charge on any atom is 0.212 e. The maximum absolute atomic E-state index is 5.41. The lowest BCUT2D eigenvalue weighted by molar-refractivity contribution is 0.130. The molecule has 0 aliphatic rings. The average Bonchev–Trinajstić information content (AvgIpc) is 3.03. The number of hydrogen-bond acceptors (Lipinski definition) is 5. The van der Waals surface area contributed by atoms with Crippen molar-refractivity contribution in [1.82, 2.24) is 14.6 Å². The Bertz CT molecular complexity index is 745. The second kappa shape index (κ2) is 5.42. The predicted molar refractivity (Wildman–Crippen MR) is 79.0 cm³/mol. The molecule has 0 amide bonds. The number of aryl methyl sites for hydroxylation is 1. The molecule has 2 heterocycles. The number of oxime groups is 1. The fourth-order valence-corrected chi connectivity index (χ4v) is 2.92. The van der Waals surface area contributed by atoms with Crippen molar-refractivity contribution in [2.24, 2.45) is 5.16 Å². The summed E-state index contributed by atoms with van der Waals surface area (Å²) < 4.78 is 1.82. The monoisotopic (exact) mass is 286 g/mol. The van der Waals surface area contributed by atoms with Gasteiger partial charge in [-0.05, 0) is 19.4 Å². The molecule has 0 bridgehead atoms. The summed E-state index contributed by atoms with van der Waals surface area (Å²) >= 11 is 1.56. The molecule has 102 valence electrons. The highest BCUT2D eigenvalue weighted by Crippen LogP contribution is 2.21. The lowest BCUT2D eigenvalue weighted by Gasteiger charge is -2.01. The summed E-state index contributed by atoms with van der Waals surface area (Å²) in [4.78, 5) is 11.5. The molecular weight excluding hydrogens is 272 g/mol. The number of fused-ring (bicyclic) bond motifs is 1. The molecule has 0 saturated carbocycles. The Morgan fingerprint density at radius 2 is 2.15 bits per heavy atom. The molecule has 0 spiro atoms. The number of hydrogen-bond donors (Lipinski definition) is 0. The minimum atomic E-state index is 0.470. The van der Waals surface area contributed by atoms with Crippen LogP contribution in [0.15, 0.2) is 41.8 Å². The first-order valence-electron chi connectivity index (χ1n) is 6.25. The highest BCUT2D eigenvalue weighted by atomic mass is 32.1. The zero-order chi connectivity index (χ0) is 13.9. The van der Waals surface area contributed by atoms with E-state index in [9.17, 15) is 0 Å². The van der Waals surface area contributed by atoms with Gasteiger partial charge in [0.05, 0.1) is 16.3 Å². The third-order valence-corrected chi connectivity index (χ3v) is 4.22. The van der Waals surface area contributed by atoms with Crippen molar-refractivity contribution in [3.05, 3.63) is 52.8 Å². The van der Waals surface area contributed by atoms with Crippen LogP contribution in [0.4, 0.5) is 0 Å². The number of aromatic nitrogens is 3. The average molecular weight is 286 g/mol. The van der Waals surface area contributed by atoms with E-state index in [4.69, 9.17) is 4.84 Å². The summed E-state index contributed by atoms with van der Waals surface area (Å²) in [5.74, 6) is 0. The third-order valence-electron chi connectivity index (χ3n) is 2.96. The molecule has 0 unspecified atom stereocenters. The van der Waals surface area contributed by atoms with Crippen molar-refractivity contribution < 1.29 is 4.84 Å². The van der Waals surface area contributed by atoms with Gasteiger partial charge in [0.15, 0.2) is 0 Å². The third kappa shape index (κ3) is 2.42. The number of thiazole rings is 1. The molecule has 0 N–H and O–H groups in total. The second-order valence-electron chi connectivity index (χ2n) is 4.41. The van der Waals surface area contributed by atoms with E-state index >= 15 is 0 Å². The topological polar surface area (TPSA) is 51.8 Å². The van der Waals surface area contributed by atoms with Crippen LogP contribution in [0.1, 0.15) is 23.1 Å². The summed E-state index contributed by atoms with van der Waals surface area (Å²) in [5, 5.41) is 8.35. The van der Waals surface area contributed by atoms with Gasteiger partial charge in [-0.2, -0.15) is 5.10 Å². The molecular formula is C14H14N4OS. The zero-order valence-electron chi connectivity index (χ0n) is 11.3. The van der Waals surface area contributed by atoms with Gasteiger partial charge < -0.3 is 4.84 Å². The smallest absolute Gasteiger partial charge is 0.212 e. The summed E-state index contributed by atoms with van der Waals surface area (Å²) in [5.41, 5.74) is 2.98. The first-order valence-corrected chi connectivity index (χ1v) is 7.07. The molecule has 2 aromatic heterocycles. The minimum absolute atomic E-state index is 0.470. The van der Waals surface area contributed by atoms with Gasteiger partial charge in [-0.1, -0.05) is 46.8 Å². The van der Waals surface area contributed by atoms with Gasteiger partial charge in [-0.25, -0.2) is 9.50 Å². The van der Waals surface area contributed by atoms with Crippen LogP contribution >= 0.6 is 11.3 Å². The van der Waals surface area contributed by atoms with E-state index in [2.05, 4.69) is 15.2 Å². The first-order chi connectivity index (χ1) is 9.75. The van der Waals surface area contributed by atoms with Crippen molar-refractivity contribution in [2.45, 2.75) is 20.5 Å². The van der Waals surface area contributed by atoms with E-state index in [0.29, 0.717) is 6.61 Å². The van der Waals surface area contributed by atoms with Crippen LogP contribution in [-0.2, 0) is 11.4 Å². The quantitative estimate of drug-likeness (QED) is 0.547. The van der Waals surface area contributed by atoms with Gasteiger partial charge >= 0.3 is 0 Å². The van der Waals surface area contributed by atoms with E-state index in [-0.39, 0.29) is 0 Å². The predicted octanol–water partition coefficient (Wildman–Crippen LogP) is 3.04. The molecule has 0 aliphatic carbocycles. The maximum atomic E-state index is 5.41. The lowest BCUT2D eigenvalue weighted by Crippen LogP contribution is -1.98. The largest absolute Gasteiger partial charge is 0.391 e. The van der Waals surface area contributed by atoms with E-state index < -0.39 is 0 Å². The van der Waals surface area contributed by atoms with Gasteiger partial charge in [0, 0.05) is 0 Å². The Balaban J connectivity index is 1.74. The van der Waals surface area contributed by atoms with Crippen LogP contribution in [0, 0.1) is 6.92 Å².